The van der Waals surface area contributed by atoms with Gasteiger partial charge in [-0.1, -0.05) is 53.6 Å². The SMILES string of the molecule is COCCN(c1ccc(C=CCC(NC(=O)c2c(Cl)cccc2Cl)C(=O)O)cc1)c1ncccn1. The first-order valence-electron chi connectivity index (χ1n) is 10.7. The standard InChI is InChI=1S/C25H24Cl2N4O4/c1-35-16-15-31(25-28-13-4-14-29-25)18-11-9-17(10-12-18)5-2-8-21(24(33)34)30-23(32)22-19(26)6-3-7-20(22)27/h2-7,9-14,21H,8,15-16H2,1H3,(H,30,32)(H,33,34). The molecule has 0 saturated carbocycles. The minimum absolute atomic E-state index is 0.0436. The summed E-state index contributed by atoms with van der Waals surface area (Å²) in [6, 6.07) is 12.9. The van der Waals surface area contributed by atoms with E-state index in [-0.39, 0.29) is 22.0 Å². The zero-order chi connectivity index (χ0) is 25.2. The quantitative estimate of drug-likeness (QED) is 0.376. The number of aliphatic carboxylic acids is 1. The van der Waals surface area contributed by atoms with E-state index in [0.29, 0.717) is 19.1 Å². The van der Waals surface area contributed by atoms with E-state index < -0.39 is 17.9 Å². The van der Waals surface area contributed by atoms with Crippen molar-refractivity contribution < 1.29 is 19.4 Å². The third-order valence-electron chi connectivity index (χ3n) is 4.99. The number of hydrogen-bond donors (Lipinski definition) is 2. The molecule has 0 spiro atoms. The maximum Gasteiger partial charge on any atom is 0.326 e. The van der Waals surface area contributed by atoms with Crippen molar-refractivity contribution in [2.24, 2.45) is 0 Å². The molecule has 35 heavy (non-hydrogen) atoms. The molecule has 0 bridgehead atoms. The molecule has 0 radical (unpaired) electrons. The van der Waals surface area contributed by atoms with Crippen LogP contribution in [0.15, 0.2) is 67.0 Å². The topological polar surface area (TPSA) is 105 Å². The van der Waals surface area contributed by atoms with Crippen LogP contribution < -0.4 is 10.2 Å². The number of benzene rings is 2. The van der Waals surface area contributed by atoms with E-state index in [2.05, 4.69) is 15.3 Å². The Kier molecular flexibility index (Phi) is 9.60. The van der Waals surface area contributed by atoms with Crippen LogP contribution in [0.5, 0.6) is 0 Å². The highest BCUT2D eigenvalue weighted by Crippen LogP contribution is 2.25. The minimum Gasteiger partial charge on any atom is -0.480 e. The second-order valence-corrected chi connectivity index (χ2v) is 8.20. The number of nitrogens with zero attached hydrogens (tertiary/aromatic N) is 3. The van der Waals surface area contributed by atoms with Crippen molar-refractivity contribution in [3.05, 3.63) is 88.2 Å². The van der Waals surface area contributed by atoms with Gasteiger partial charge in [0.2, 0.25) is 5.95 Å². The summed E-state index contributed by atoms with van der Waals surface area (Å²) in [6.45, 7) is 1.08. The molecule has 1 heterocycles. The van der Waals surface area contributed by atoms with Gasteiger partial charge >= 0.3 is 5.97 Å². The van der Waals surface area contributed by atoms with Gasteiger partial charge < -0.3 is 20.1 Å². The average Bonchev–Trinajstić information content (AvgIpc) is 2.85. The van der Waals surface area contributed by atoms with E-state index in [1.165, 1.54) is 12.1 Å². The fraction of sp³-hybridized carbons (Fsp3) is 0.200. The highest BCUT2D eigenvalue weighted by molar-refractivity contribution is 6.39. The number of carbonyl (C=O) groups excluding carboxylic acids is 1. The number of halogens is 2. The predicted octanol–water partition coefficient (Wildman–Crippen LogP) is 4.85. The minimum atomic E-state index is -1.17. The number of nitrogens with one attached hydrogen (secondary N) is 1. The number of carbonyl (C=O) groups is 2. The monoisotopic (exact) mass is 514 g/mol. The molecule has 0 saturated heterocycles. The Morgan fingerprint density at radius 1 is 1.09 bits per heavy atom. The molecule has 1 aromatic heterocycles. The van der Waals surface area contributed by atoms with Crippen molar-refractivity contribution in [1.29, 1.82) is 0 Å². The molecular formula is C25H24Cl2N4O4. The summed E-state index contributed by atoms with van der Waals surface area (Å²) in [4.78, 5) is 34.8. The second-order valence-electron chi connectivity index (χ2n) is 7.38. The molecule has 0 aliphatic rings. The normalized spacial score (nSPS) is 11.9. The zero-order valence-electron chi connectivity index (χ0n) is 18.9. The van der Waals surface area contributed by atoms with Crippen LogP contribution in [0.3, 0.4) is 0 Å². The van der Waals surface area contributed by atoms with Crippen LogP contribution in [0, 0.1) is 0 Å². The first-order chi connectivity index (χ1) is 16.9. The number of carboxylic acids is 1. The van der Waals surface area contributed by atoms with E-state index in [1.54, 1.807) is 43.8 Å². The van der Waals surface area contributed by atoms with Gasteiger partial charge in [0.15, 0.2) is 0 Å². The van der Waals surface area contributed by atoms with Crippen LogP contribution in [0.1, 0.15) is 22.3 Å². The third-order valence-corrected chi connectivity index (χ3v) is 5.62. The van der Waals surface area contributed by atoms with Crippen LogP contribution in [0.2, 0.25) is 10.0 Å². The molecule has 8 nitrogen and oxygen atoms in total. The highest BCUT2D eigenvalue weighted by Gasteiger charge is 2.22. The van der Waals surface area contributed by atoms with Gasteiger partial charge in [0.25, 0.3) is 5.91 Å². The summed E-state index contributed by atoms with van der Waals surface area (Å²) in [7, 11) is 1.63. The second kappa shape index (κ2) is 12.9. The van der Waals surface area contributed by atoms with E-state index in [4.69, 9.17) is 27.9 Å². The van der Waals surface area contributed by atoms with Crippen LogP contribution in [0.4, 0.5) is 11.6 Å². The van der Waals surface area contributed by atoms with E-state index in [0.717, 1.165) is 11.3 Å². The Labute approximate surface area is 213 Å². The van der Waals surface area contributed by atoms with Gasteiger partial charge in [0, 0.05) is 31.7 Å². The molecule has 3 aromatic rings. The Balaban J connectivity index is 1.67. The van der Waals surface area contributed by atoms with Gasteiger partial charge in [-0.3, -0.25) is 4.79 Å². The van der Waals surface area contributed by atoms with Crippen molar-refractivity contribution in [3.63, 3.8) is 0 Å². The number of ether oxygens (including phenoxy) is 1. The Hall–Kier alpha value is -3.46. The number of hydrogen-bond acceptors (Lipinski definition) is 6. The lowest BCUT2D eigenvalue weighted by Crippen LogP contribution is -2.40. The summed E-state index contributed by atoms with van der Waals surface area (Å²) in [5.74, 6) is -1.25. The third kappa shape index (κ3) is 7.26. The lowest BCUT2D eigenvalue weighted by atomic mass is 10.1. The number of aromatic nitrogens is 2. The Bertz CT molecular complexity index is 1150. The predicted molar refractivity (Wildman–Crippen MR) is 136 cm³/mol. The van der Waals surface area contributed by atoms with Crippen LogP contribution in [0.25, 0.3) is 6.08 Å². The molecule has 3 rings (SSSR count). The maximum atomic E-state index is 12.5. The van der Waals surface area contributed by atoms with Crippen molar-refractivity contribution in [1.82, 2.24) is 15.3 Å². The highest BCUT2D eigenvalue weighted by atomic mass is 35.5. The molecule has 0 aliphatic carbocycles. The smallest absolute Gasteiger partial charge is 0.326 e. The first-order valence-corrected chi connectivity index (χ1v) is 11.4. The van der Waals surface area contributed by atoms with Gasteiger partial charge in [-0.05, 0) is 42.3 Å². The number of methoxy groups -OCH3 is 1. The maximum absolute atomic E-state index is 12.5. The molecular weight excluding hydrogens is 491 g/mol. The molecule has 1 amide bonds. The zero-order valence-corrected chi connectivity index (χ0v) is 20.4. The van der Waals surface area contributed by atoms with Gasteiger partial charge in [0.05, 0.1) is 22.2 Å². The first kappa shape index (κ1) is 26.2. The van der Waals surface area contributed by atoms with Gasteiger partial charge in [0.1, 0.15) is 6.04 Å². The fourth-order valence-corrected chi connectivity index (χ4v) is 3.80. The van der Waals surface area contributed by atoms with Gasteiger partial charge in [-0.2, -0.15) is 0 Å². The molecule has 2 aromatic carbocycles. The largest absolute Gasteiger partial charge is 0.480 e. The summed E-state index contributed by atoms with van der Waals surface area (Å²) >= 11 is 12.1. The molecule has 10 heteroatoms. The van der Waals surface area contributed by atoms with Gasteiger partial charge in [-0.15, -0.1) is 0 Å². The summed E-state index contributed by atoms with van der Waals surface area (Å²) in [5, 5.41) is 12.3. The lowest BCUT2D eigenvalue weighted by molar-refractivity contribution is -0.139. The average molecular weight is 515 g/mol. The van der Waals surface area contributed by atoms with E-state index in [1.807, 2.05) is 29.2 Å². The van der Waals surface area contributed by atoms with E-state index >= 15 is 0 Å². The van der Waals surface area contributed by atoms with Crippen molar-refractivity contribution in [2.75, 3.05) is 25.2 Å². The van der Waals surface area contributed by atoms with E-state index in [9.17, 15) is 14.7 Å². The molecule has 182 valence electrons. The number of carboxylic acid groups (broad SMARTS) is 1. The fourth-order valence-electron chi connectivity index (χ4n) is 3.23. The Morgan fingerprint density at radius 2 is 1.74 bits per heavy atom. The molecule has 1 atom stereocenters. The summed E-state index contributed by atoms with van der Waals surface area (Å²) in [5.41, 5.74) is 1.79. The van der Waals surface area contributed by atoms with Crippen molar-refractivity contribution in [3.8, 4) is 0 Å². The molecule has 1 unspecified atom stereocenters. The van der Waals surface area contributed by atoms with Crippen LogP contribution >= 0.6 is 23.2 Å². The lowest BCUT2D eigenvalue weighted by Gasteiger charge is -2.22. The Morgan fingerprint density at radius 3 is 2.34 bits per heavy atom. The molecule has 2 N–H and O–H groups in total. The van der Waals surface area contributed by atoms with Crippen LogP contribution in [-0.4, -0.2) is 53.3 Å². The number of amides is 1. The molecule has 0 aliphatic heterocycles. The summed E-state index contributed by atoms with van der Waals surface area (Å²) < 4.78 is 5.20. The van der Waals surface area contributed by atoms with Crippen molar-refractivity contribution >= 4 is 52.8 Å². The van der Waals surface area contributed by atoms with Crippen LogP contribution in [-0.2, 0) is 9.53 Å². The number of rotatable bonds is 11. The van der Waals surface area contributed by atoms with Crippen molar-refractivity contribution in [2.45, 2.75) is 12.5 Å². The molecule has 0 fully saturated rings. The number of anilines is 2. The summed E-state index contributed by atoms with van der Waals surface area (Å²) in [6.07, 6.45) is 6.90. The van der Waals surface area contributed by atoms with Gasteiger partial charge in [-0.25, -0.2) is 14.8 Å².